The van der Waals surface area contributed by atoms with Crippen LogP contribution in [-0.4, -0.2) is 18.4 Å². The Labute approximate surface area is 113 Å². The third kappa shape index (κ3) is 2.79. The van der Waals surface area contributed by atoms with E-state index in [1.807, 2.05) is 0 Å². The van der Waals surface area contributed by atoms with Gasteiger partial charge < -0.3 is 4.74 Å². The molecule has 0 saturated heterocycles. The van der Waals surface area contributed by atoms with E-state index in [4.69, 9.17) is 4.74 Å². The van der Waals surface area contributed by atoms with Gasteiger partial charge in [-0.25, -0.2) is 4.98 Å². The number of carbonyl (C=O) groups is 1. The third-order valence-corrected chi connectivity index (χ3v) is 2.70. The van der Waals surface area contributed by atoms with Crippen molar-refractivity contribution in [2.75, 3.05) is 7.11 Å². The van der Waals surface area contributed by atoms with Crippen LogP contribution in [0, 0.1) is 0 Å². The fourth-order valence-corrected chi connectivity index (χ4v) is 1.77. The molecule has 0 saturated carbocycles. The predicted molar refractivity (Wildman–Crippen MR) is 66.6 cm³/mol. The van der Waals surface area contributed by atoms with Gasteiger partial charge in [0.15, 0.2) is 6.29 Å². The van der Waals surface area contributed by atoms with E-state index in [9.17, 15) is 18.0 Å². The molecule has 0 spiro atoms. The molecule has 3 nitrogen and oxygen atoms in total. The number of aldehydes is 1. The number of pyridine rings is 1. The summed E-state index contributed by atoms with van der Waals surface area (Å²) in [7, 11) is 1.36. The van der Waals surface area contributed by atoms with E-state index < -0.39 is 11.7 Å². The molecular formula is C14H10F3NO2. The summed E-state index contributed by atoms with van der Waals surface area (Å²) in [4.78, 5) is 14.7. The van der Waals surface area contributed by atoms with Crippen LogP contribution >= 0.6 is 0 Å². The lowest BCUT2D eigenvalue weighted by Gasteiger charge is -2.11. The van der Waals surface area contributed by atoms with E-state index in [2.05, 4.69) is 4.98 Å². The average molecular weight is 281 g/mol. The largest absolute Gasteiger partial charge is 0.481 e. The van der Waals surface area contributed by atoms with Crippen LogP contribution in [0.4, 0.5) is 13.2 Å². The summed E-state index contributed by atoms with van der Waals surface area (Å²) in [6.07, 6.45) is -2.56. The van der Waals surface area contributed by atoms with Crippen LogP contribution in [0.3, 0.4) is 0 Å². The SMILES string of the molecule is COc1ncc(C=O)cc1-c1cccc(C(F)(F)F)c1. The van der Waals surface area contributed by atoms with Gasteiger partial charge in [-0.3, -0.25) is 4.79 Å². The molecule has 0 N–H and O–H groups in total. The third-order valence-electron chi connectivity index (χ3n) is 2.70. The normalized spacial score (nSPS) is 11.2. The van der Waals surface area contributed by atoms with Gasteiger partial charge in [0, 0.05) is 17.3 Å². The Balaban J connectivity index is 2.58. The van der Waals surface area contributed by atoms with Crippen LogP contribution in [0.2, 0.25) is 0 Å². The Morgan fingerprint density at radius 3 is 2.60 bits per heavy atom. The van der Waals surface area contributed by atoms with Gasteiger partial charge in [0.05, 0.1) is 12.7 Å². The first kappa shape index (κ1) is 14.0. The molecule has 1 aromatic heterocycles. The number of hydrogen-bond donors (Lipinski definition) is 0. The molecule has 0 bridgehead atoms. The molecule has 104 valence electrons. The molecule has 1 aromatic carbocycles. The Morgan fingerprint density at radius 1 is 1.25 bits per heavy atom. The summed E-state index contributed by atoms with van der Waals surface area (Å²) in [5.41, 5.74) is 0.114. The number of ether oxygens (including phenoxy) is 1. The first-order valence-corrected chi connectivity index (χ1v) is 5.62. The van der Waals surface area contributed by atoms with Crippen LogP contribution in [-0.2, 0) is 6.18 Å². The van der Waals surface area contributed by atoms with E-state index in [0.717, 1.165) is 12.1 Å². The smallest absolute Gasteiger partial charge is 0.416 e. The number of benzene rings is 1. The van der Waals surface area contributed by atoms with Crippen LogP contribution < -0.4 is 4.74 Å². The molecule has 0 unspecified atom stereocenters. The van der Waals surface area contributed by atoms with E-state index >= 15 is 0 Å². The van der Waals surface area contributed by atoms with Crippen LogP contribution in [0.1, 0.15) is 15.9 Å². The standard InChI is InChI=1S/C14H10F3NO2/c1-20-13-12(5-9(8-19)7-18-13)10-3-2-4-11(6-10)14(15,16)17/h2-8H,1H3. The molecule has 0 atom stereocenters. The number of rotatable bonds is 3. The molecule has 0 fully saturated rings. The molecule has 0 aliphatic carbocycles. The van der Waals surface area contributed by atoms with Crippen molar-refractivity contribution in [3.63, 3.8) is 0 Å². The number of aromatic nitrogens is 1. The van der Waals surface area contributed by atoms with E-state index in [-0.39, 0.29) is 17.0 Å². The molecule has 0 radical (unpaired) electrons. The number of carbonyl (C=O) groups excluding carboxylic acids is 1. The highest BCUT2D eigenvalue weighted by atomic mass is 19.4. The van der Waals surface area contributed by atoms with Crippen molar-refractivity contribution < 1.29 is 22.7 Å². The summed E-state index contributed by atoms with van der Waals surface area (Å²) in [5, 5.41) is 0. The lowest BCUT2D eigenvalue weighted by atomic mass is 10.0. The lowest BCUT2D eigenvalue weighted by molar-refractivity contribution is -0.137. The number of hydrogen-bond acceptors (Lipinski definition) is 3. The maximum Gasteiger partial charge on any atom is 0.416 e. The van der Waals surface area contributed by atoms with E-state index in [1.54, 1.807) is 0 Å². The van der Waals surface area contributed by atoms with Gasteiger partial charge in [-0.15, -0.1) is 0 Å². The van der Waals surface area contributed by atoms with Crippen LogP contribution in [0.25, 0.3) is 11.1 Å². The van der Waals surface area contributed by atoms with Gasteiger partial charge in [0.25, 0.3) is 0 Å². The fraction of sp³-hybridized carbons (Fsp3) is 0.143. The number of halogens is 3. The highest BCUT2D eigenvalue weighted by Crippen LogP contribution is 2.34. The Bertz CT molecular complexity index is 639. The van der Waals surface area contributed by atoms with Gasteiger partial charge in [0.2, 0.25) is 5.88 Å². The zero-order chi connectivity index (χ0) is 14.8. The van der Waals surface area contributed by atoms with E-state index in [1.165, 1.54) is 31.5 Å². The lowest BCUT2D eigenvalue weighted by Crippen LogP contribution is -2.04. The Hall–Kier alpha value is -2.37. The van der Waals surface area contributed by atoms with Crippen LogP contribution in [0.15, 0.2) is 36.5 Å². The average Bonchev–Trinajstić information content (AvgIpc) is 2.45. The van der Waals surface area contributed by atoms with Crippen molar-refractivity contribution >= 4 is 6.29 Å². The number of nitrogens with zero attached hydrogens (tertiary/aromatic N) is 1. The van der Waals surface area contributed by atoms with Crippen molar-refractivity contribution in [1.82, 2.24) is 4.98 Å². The van der Waals surface area contributed by atoms with E-state index in [0.29, 0.717) is 11.8 Å². The highest BCUT2D eigenvalue weighted by molar-refractivity contribution is 5.80. The summed E-state index contributed by atoms with van der Waals surface area (Å²) in [5.74, 6) is 0.162. The molecule has 2 rings (SSSR count). The second kappa shape index (κ2) is 5.32. The van der Waals surface area contributed by atoms with Crippen molar-refractivity contribution in [3.05, 3.63) is 47.7 Å². The summed E-state index contributed by atoms with van der Waals surface area (Å²) in [6.45, 7) is 0. The molecule has 2 aromatic rings. The Morgan fingerprint density at radius 2 is 2.00 bits per heavy atom. The second-order valence-corrected chi connectivity index (χ2v) is 4.02. The van der Waals surface area contributed by atoms with Gasteiger partial charge >= 0.3 is 6.18 Å². The minimum atomic E-state index is -4.43. The Kier molecular flexibility index (Phi) is 3.74. The minimum absolute atomic E-state index is 0.162. The summed E-state index contributed by atoms with van der Waals surface area (Å²) >= 11 is 0. The topological polar surface area (TPSA) is 39.2 Å². The minimum Gasteiger partial charge on any atom is -0.481 e. The molecular weight excluding hydrogens is 271 g/mol. The van der Waals surface area contributed by atoms with Crippen LogP contribution in [0.5, 0.6) is 5.88 Å². The fourth-order valence-electron chi connectivity index (χ4n) is 1.77. The first-order chi connectivity index (χ1) is 9.45. The van der Waals surface area contributed by atoms with Crippen molar-refractivity contribution in [3.8, 4) is 17.0 Å². The monoisotopic (exact) mass is 281 g/mol. The highest BCUT2D eigenvalue weighted by Gasteiger charge is 2.30. The van der Waals surface area contributed by atoms with Gasteiger partial charge in [-0.2, -0.15) is 13.2 Å². The van der Waals surface area contributed by atoms with Gasteiger partial charge in [-0.1, -0.05) is 12.1 Å². The first-order valence-electron chi connectivity index (χ1n) is 5.62. The van der Waals surface area contributed by atoms with Gasteiger partial charge in [-0.05, 0) is 23.8 Å². The summed E-state index contributed by atoms with van der Waals surface area (Å²) < 4.78 is 43.1. The quantitative estimate of drug-likeness (QED) is 0.807. The predicted octanol–water partition coefficient (Wildman–Crippen LogP) is 3.59. The molecule has 20 heavy (non-hydrogen) atoms. The van der Waals surface area contributed by atoms with Crippen molar-refractivity contribution in [1.29, 1.82) is 0 Å². The van der Waals surface area contributed by atoms with Gasteiger partial charge in [0.1, 0.15) is 0 Å². The molecule has 0 aliphatic rings. The molecule has 0 aliphatic heterocycles. The summed E-state index contributed by atoms with van der Waals surface area (Å²) in [6, 6.07) is 6.21. The van der Waals surface area contributed by atoms with Crippen molar-refractivity contribution in [2.45, 2.75) is 6.18 Å². The maximum atomic E-state index is 12.7. The molecule has 1 heterocycles. The second-order valence-electron chi connectivity index (χ2n) is 4.02. The number of methoxy groups -OCH3 is 1. The molecule has 0 amide bonds. The zero-order valence-corrected chi connectivity index (χ0v) is 10.4. The maximum absolute atomic E-state index is 12.7. The molecule has 6 heteroatoms. The number of alkyl halides is 3. The zero-order valence-electron chi connectivity index (χ0n) is 10.4. The van der Waals surface area contributed by atoms with Crippen molar-refractivity contribution in [2.24, 2.45) is 0 Å².